The van der Waals surface area contributed by atoms with Crippen LogP contribution in [0.4, 0.5) is 4.39 Å². The normalized spacial score (nSPS) is 16.6. The molecule has 3 aromatic heterocycles. The predicted octanol–water partition coefficient (Wildman–Crippen LogP) is 3.16. The third-order valence-corrected chi connectivity index (χ3v) is 5.31. The Kier molecular flexibility index (Phi) is 4.31. The lowest BCUT2D eigenvalue weighted by Crippen LogP contribution is -2.41. The molecule has 5 rings (SSSR count). The number of H-pyrrole nitrogens is 1. The van der Waals surface area contributed by atoms with Crippen LogP contribution in [0.5, 0.6) is 0 Å². The smallest absolute Gasteiger partial charge is 0.258 e. The van der Waals surface area contributed by atoms with Crippen molar-refractivity contribution in [3.05, 3.63) is 89.8 Å². The molecule has 4 heterocycles. The summed E-state index contributed by atoms with van der Waals surface area (Å²) in [7, 11) is 0. The lowest BCUT2D eigenvalue weighted by Gasteiger charge is -2.34. The number of fused-ring (bicyclic) bond motifs is 2. The minimum atomic E-state index is -0.613. The first-order valence-corrected chi connectivity index (χ1v) is 9.51. The molecule has 4 aromatic rings. The van der Waals surface area contributed by atoms with Crippen LogP contribution in [0.1, 0.15) is 28.9 Å². The topological polar surface area (TPSA) is 101 Å². The van der Waals surface area contributed by atoms with E-state index in [-0.39, 0.29) is 17.1 Å². The van der Waals surface area contributed by atoms with E-state index >= 15 is 0 Å². The Balaban J connectivity index is 1.62. The van der Waals surface area contributed by atoms with Crippen molar-refractivity contribution in [3.8, 4) is 0 Å². The number of nitrogens with two attached hydrogens (primary N) is 1. The van der Waals surface area contributed by atoms with Crippen LogP contribution >= 0.6 is 0 Å². The Labute approximate surface area is 171 Å². The molecule has 0 bridgehead atoms. The van der Waals surface area contributed by atoms with E-state index in [9.17, 15) is 9.18 Å². The minimum Gasteiger partial charge on any atom is -0.455 e. The van der Waals surface area contributed by atoms with Gasteiger partial charge in [0.15, 0.2) is 11.4 Å². The van der Waals surface area contributed by atoms with Gasteiger partial charge in [-0.3, -0.25) is 9.78 Å². The summed E-state index contributed by atoms with van der Waals surface area (Å²) in [5.74, 6) is -0.310. The first-order chi connectivity index (χ1) is 14.7. The summed E-state index contributed by atoms with van der Waals surface area (Å²) in [6.07, 6.45) is 5.06. The zero-order valence-electron chi connectivity index (χ0n) is 15.9. The second-order valence-electron chi connectivity index (χ2n) is 7.02. The maximum atomic E-state index is 14.2. The van der Waals surface area contributed by atoms with Gasteiger partial charge in [-0.2, -0.15) is 0 Å². The molecule has 30 heavy (non-hydrogen) atoms. The second-order valence-corrected chi connectivity index (χ2v) is 7.02. The van der Waals surface area contributed by atoms with Crippen molar-refractivity contribution in [3.63, 3.8) is 0 Å². The zero-order chi connectivity index (χ0) is 20.7. The van der Waals surface area contributed by atoms with Crippen molar-refractivity contribution in [2.45, 2.75) is 12.5 Å². The van der Waals surface area contributed by atoms with Crippen LogP contribution in [0.3, 0.4) is 0 Å². The Morgan fingerprint density at radius 2 is 2.17 bits per heavy atom. The van der Waals surface area contributed by atoms with Crippen LogP contribution in [0.2, 0.25) is 0 Å². The largest absolute Gasteiger partial charge is 0.455 e. The zero-order valence-corrected chi connectivity index (χ0v) is 15.9. The van der Waals surface area contributed by atoms with Crippen molar-refractivity contribution >= 4 is 22.4 Å². The van der Waals surface area contributed by atoms with E-state index in [1.54, 1.807) is 53.8 Å². The lowest BCUT2D eigenvalue weighted by molar-refractivity contribution is -0.127. The first-order valence-electron chi connectivity index (χ1n) is 9.51. The SMILES string of the molecule is N/C=C(/C(=O)N1CCc2[nH]cnc2[C@H]1c1cc2cccc(F)c2o1)c1ccccn1. The first kappa shape index (κ1) is 18.1. The average molecular weight is 403 g/mol. The van der Waals surface area contributed by atoms with Crippen LogP contribution in [0.25, 0.3) is 16.5 Å². The molecule has 0 spiro atoms. The molecule has 1 atom stereocenters. The molecule has 0 radical (unpaired) electrons. The van der Waals surface area contributed by atoms with Crippen LogP contribution in [0.15, 0.2) is 65.6 Å². The Bertz CT molecular complexity index is 1260. The fraction of sp³-hybridized carbons (Fsp3) is 0.136. The molecule has 1 aliphatic heterocycles. The van der Waals surface area contributed by atoms with Gasteiger partial charge in [0.2, 0.25) is 0 Å². The molecule has 0 saturated carbocycles. The highest BCUT2D eigenvalue weighted by Crippen LogP contribution is 2.38. The fourth-order valence-electron chi connectivity index (χ4n) is 3.91. The highest BCUT2D eigenvalue weighted by molar-refractivity contribution is 6.19. The molecule has 0 aliphatic carbocycles. The molecule has 0 fully saturated rings. The molecule has 1 aromatic carbocycles. The van der Waals surface area contributed by atoms with Gasteiger partial charge in [0.25, 0.3) is 5.91 Å². The van der Waals surface area contributed by atoms with Gasteiger partial charge in [-0.05, 0) is 24.3 Å². The van der Waals surface area contributed by atoms with E-state index in [1.165, 1.54) is 12.3 Å². The van der Waals surface area contributed by atoms with Gasteiger partial charge in [0.05, 0.1) is 23.3 Å². The summed E-state index contributed by atoms with van der Waals surface area (Å²) < 4.78 is 20.1. The van der Waals surface area contributed by atoms with Crippen LogP contribution in [0, 0.1) is 5.82 Å². The highest BCUT2D eigenvalue weighted by Gasteiger charge is 2.38. The molecule has 3 N–H and O–H groups in total. The third-order valence-electron chi connectivity index (χ3n) is 5.31. The number of aromatic amines is 1. The van der Waals surface area contributed by atoms with Crippen molar-refractivity contribution < 1.29 is 13.6 Å². The van der Waals surface area contributed by atoms with Gasteiger partial charge in [0, 0.05) is 36.4 Å². The van der Waals surface area contributed by atoms with E-state index in [0.717, 1.165) is 5.69 Å². The van der Waals surface area contributed by atoms with Gasteiger partial charge in [0.1, 0.15) is 11.8 Å². The quantitative estimate of drug-likeness (QED) is 0.512. The van der Waals surface area contributed by atoms with E-state index in [0.29, 0.717) is 35.5 Å². The number of nitrogens with one attached hydrogen (secondary N) is 1. The number of para-hydroxylation sites is 1. The standard InChI is InChI=1S/C22H18FN5O2/c23-15-5-3-4-13-10-18(30-21(13)15)20-19-17(26-12-27-19)7-9-28(20)22(29)14(11-24)16-6-1-2-8-25-16/h1-6,8,10-12,20H,7,9,24H2,(H,26,27)/b14-11+/t20-/m1/s1. The van der Waals surface area contributed by atoms with Gasteiger partial charge < -0.3 is 20.0 Å². The number of furan rings is 1. The molecule has 8 heteroatoms. The number of amides is 1. The fourth-order valence-corrected chi connectivity index (χ4v) is 3.91. The van der Waals surface area contributed by atoms with Gasteiger partial charge >= 0.3 is 0 Å². The van der Waals surface area contributed by atoms with Crippen LogP contribution in [-0.2, 0) is 11.2 Å². The Hall–Kier alpha value is -3.94. The van der Waals surface area contributed by atoms with E-state index in [1.807, 2.05) is 0 Å². The maximum Gasteiger partial charge on any atom is 0.258 e. The molecular weight excluding hydrogens is 385 g/mol. The second kappa shape index (κ2) is 7.14. The summed E-state index contributed by atoms with van der Waals surface area (Å²) in [5.41, 5.74) is 8.31. The molecule has 7 nitrogen and oxygen atoms in total. The third kappa shape index (κ3) is 2.85. The molecule has 0 unspecified atom stereocenters. The van der Waals surface area contributed by atoms with E-state index in [2.05, 4.69) is 15.0 Å². The van der Waals surface area contributed by atoms with Gasteiger partial charge in [-0.15, -0.1) is 0 Å². The number of pyridine rings is 1. The summed E-state index contributed by atoms with van der Waals surface area (Å²) in [6.45, 7) is 0.419. The van der Waals surface area contributed by atoms with Crippen molar-refractivity contribution in [2.24, 2.45) is 5.73 Å². The van der Waals surface area contributed by atoms with Crippen LogP contribution < -0.4 is 5.73 Å². The predicted molar refractivity (Wildman–Crippen MR) is 108 cm³/mol. The Morgan fingerprint density at radius 3 is 2.93 bits per heavy atom. The van der Waals surface area contributed by atoms with Crippen molar-refractivity contribution in [1.29, 1.82) is 0 Å². The number of benzene rings is 1. The number of carbonyl (C=O) groups is 1. The van der Waals surface area contributed by atoms with Crippen molar-refractivity contribution in [1.82, 2.24) is 19.9 Å². The van der Waals surface area contributed by atoms with Gasteiger partial charge in [-0.1, -0.05) is 18.2 Å². The Morgan fingerprint density at radius 1 is 1.27 bits per heavy atom. The maximum absolute atomic E-state index is 14.2. The number of hydrogen-bond donors (Lipinski definition) is 2. The summed E-state index contributed by atoms with van der Waals surface area (Å²) in [6, 6.07) is 11.2. The minimum absolute atomic E-state index is 0.155. The summed E-state index contributed by atoms with van der Waals surface area (Å²) in [4.78, 5) is 27.0. The lowest BCUT2D eigenvalue weighted by atomic mass is 9.98. The summed E-state index contributed by atoms with van der Waals surface area (Å²) >= 11 is 0. The number of carbonyl (C=O) groups excluding carboxylic acids is 1. The number of imidazole rings is 1. The monoisotopic (exact) mass is 403 g/mol. The molecule has 1 amide bonds. The van der Waals surface area contributed by atoms with Crippen LogP contribution in [-0.4, -0.2) is 32.3 Å². The summed E-state index contributed by atoms with van der Waals surface area (Å²) in [5, 5.41) is 0.624. The number of hydrogen-bond acceptors (Lipinski definition) is 5. The number of nitrogens with zero attached hydrogens (tertiary/aromatic N) is 3. The average Bonchev–Trinajstić information content (AvgIpc) is 3.42. The molecule has 0 saturated heterocycles. The number of halogens is 1. The van der Waals surface area contributed by atoms with Gasteiger partial charge in [-0.25, -0.2) is 9.37 Å². The molecular formula is C22H18FN5O2. The molecule has 150 valence electrons. The number of aromatic nitrogens is 3. The van der Waals surface area contributed by atoms with Crippen molar-refractivity contribution in [2.75, 3.05) is 6.54 Å². The van der Waals surface area contributed by atoms with E-state index in [4.69, 9.17) is 10.2 Å². The number of rotatable bonds is 3. The van der Waals surface area contributed by atoms with E-state index < -0.39 is 11.9 Å². The molecule has 1 aliphatic rings. The highest BCUT2D eigenvalue weighted by atomic mass is 19.1.